The molecule has 2 heterocycles. The molecule has 2 N–H and O–H groups in total. The average molecular weight is 502 g/mol. The summed E-state index contributed by atoms with van der Waals surface area (Å²) < 4.78 is 11.6. The number of carbonyl (C=O) groups is 1. The third-order valence-corrected chi connectivity index (χ3v) is 5.84. The van der Waals surface area contributed by atoms with Gasteiger partial charge in [-0.2, -0.15) is 0 Å². The molecule has 178 valence electrons. The first-order valence-corrected chi connectivity index (χ1v) is 11.5. The largest absolute Gasteiger partial charge is 0.486 e. The van der Waals surface area contributed by atoms with Gasteiger partial charge < -0.3 is 25.0 Å². The lowest BCUT2D eigenvalue weighted by Gasteiger charge is -2.17. The maximum Gasteiger partial charge on any atom is 0.248 e. The molecule has 1 fully saturated rings. The van der Waals surface area contributed by atoms with Gasteiger partial charge in [0.1, 0.15) is 24.0 Å². The number of fused-ring (bicyclic) bond motifs is 1. The smallest absolute Gasteiger partial charge is 0.248 e. The lowest BCUT2D eigenvalue weighted by molar-refractivity contribution is -0.111. The molecule has 0 radical (unpaired) electrons. The summed E-state index contributed by atoms with van der Waals surface area (Å²) in [4.78, 5) is 23.3. The van der Waals surface area contributed by atoms with Crippen molar-refractivity contribution in [2.45, 2.75) is 12.5 Å². The van der Waals surface area contributed by atoms with Crippen LogP contribution in [0, 0.1) is 0 Å². The minimum absolute atomic E-state index is 0.0898. The molecule has 1 atom stereocenters. The van der Waals surface area contributed by atoms with Crippen LogP contribution in [0.4, 0.5) is 17.2 Å². The number of anilines is 3. The first kappa shape index (κ1) is 24.2. The highest BCUT2D eigenvalue weighted by molar-refractivity contribution is 6.42. The quantitative estimate of drug-likeness (QED) is 0.424. The van der Waals surface area contributed by atoms with E-state index in [9.17, 15) is 4.79 Å². The molecule has 3 aromatic rings. The monoisotopic (exact) mass is 501 g/mol. The number of nitrogens with one attached hydrogen (secondary N) is 2. The van der Waals surface area contributed by atoms with E-state index in [1.165, 1.54) is 12.4 Å². The molecule has 1 aliphatic rings. The number of nitrogens with zero attached hydrogens (tertiary/aromatic N) is 3. The molecule has 4 rings (SSSR count). The van der Waals surface area contributed by atoms with Crippen molar-refractivity contribution in [3.63, 3.8) is 0 Å². The van der Waals surface area contributed by atoms with Gasteiger partial charge in [0.2, 0.25) is 5.91 Å². The Balaban J connectivity index is 1.68. The molecule has 0 unspecified atom stereocenters. The van der Waals surface area contributed by atoms with Crippen LogP contribution in [0.3, 0.4) is 0 Å². The molecule has 0 spiro atoms. The standard InChI is InChI=1S/C24H25Cl2N5O3/c1-31(2)8-3-4-23(32)30-21-11-17-20(12-22(21)34-16-7-9-33-13-16)27-14-28-24(17)29-15-5-6-18(25)19(26)10-15/h3-6,10-12,14,16H,7-9,13H2,1-2H3,(H,30,32)(H,27,28,29)/t16-/m0/s1. The maximum absolute atomic E-state index is 12.6. The van der Waals surface area contributed by atoms with Crippen LogP contribution in [0.15, 0.2) is 48.8 Å². The summed E-state index contributed by atoms with van der Waals surface area (Å²) in [5, 5.41) is 7.77. The Bertz CT molecular complexity index is 1210. The first-order chi connectivity index (χ1) is 16.4. The average Bonchev–Trinajstić information content (AvgIpc) is 3.30. The van der Waals surface area contributed by atoms with Crippen molar-refractivity contribution < 1.29 is 14.3 Å². The molecule has 0 saturated carbocycles. The van der Waals surface area contributed by atoms with Crippen LogP contribution in [0.5, 0.6) is 5.75 Å². The lowest BCUT2D eigenvalue weighted by atomic mass is 10.1. The van der Waals surface area contributed by atoms with Crippen LogP contribution in [0.25, 0.3) is 10.9 Å². The highest BCUT2D eigenvalue weighted by atomic mass is 35.5. The predicted octanol–water partition coefficient (Wildman–Crippen LogP) is 4.90. The third-order valence-electron chi connectivity index (χ3n) is 5.10. The zero-order valence-corrected chi connectivity index (χ0v) is 20.4. The molecular formula is C24H25Cl2N5O3. The van der Waals surface area contributed by atoms with Crippen LogP contribution in [-0.2, 0) is 9.53 Å². The minimum Gasteiger partial charge on any atom is -0.486 e. The molecule has 1 saturated heterocycles. The van der Waals surface area contributed by atoms with Gasteiger partial charge in [-0.25, -0.2) is 9.97 Å². The Kier molecular flexibility index (Phi) is 7.84. The predicted molar refractivity (Wildman–Crippen MR) is 135 cm³/mol. The number of hydrogen-bond donors (Lipinski definition) is 2. The summed E-state index contributed by atoms with van der Waals surface area (Å²) in [6, 6.07) is 8.83. The van der Waals surface area contributed by atoms with Crippen LogP contribution in [-0.4, -0.2) is 60.7 Å². The number of carbonyl (C=O) groups excluding carboxylic acids is 1. The van der Waals surface area contributed by atoms with Gasteiger partial charge in [-0.1, -0.05) is 29.3 Å². The van der Waals surface area contributed by atoms with Crippen molar-refractivity contribution in [1.29, 1.82) is 0 Å². The van der Waals surface area contributed by atoms with Crippen molar-refractivity contribution in [3.8, 4) is 5.75 Å². The van der Waals surface area contributed by atoms with Crippen molar-refractivity contribution >= 4 is 57.2 Å². The van der Waals surface area contributed by atoms with Gasteiger partial charge in [-0.15, -0.1) is 0 Å². The number of likely N-dealkylation sites (N-methyl/N-ethyl adjacent to an activating group) is 1. The summed E-state index contributed by atoms with van der Waals surface area (Å²) in [6.07, 6.45) is 5.45. The first-order valence-electron chi connectivity index (χ1n) is 10.8. The van der Waals surface area contributed by atoms with Crippen molar-refractivity contribution in [1.82, 2.24) is 14.9 Å². The Labute approximate surface area is 207 Å². The second-order valence-electron chi connectivity index (χ2n) is 8.10. The third kappa shape index (κ3) is 6.15. The number of hydrogen-bond acceptors (Lipinski definition) is 7. The second-order valence-corrected chi connectivity index (χ2v) is 8.91. The molecular weight excluding hydrogens is 477 g/mol. The SMILES string of the molecule is CN(C)CC=CC(=O)Nc1cc2c(Nc3ccc(Cl)c(Cl)c3)ncnc2cc1O[C@H]1CCOC1. The van der Waals surface area contributed by atoms with Gasteiger partial charge in [0.05, 0.1) is 34.5 Å². The molecule has 1 aromatic heterocycles. The Hall–Kier alpha value is -2.91. The molecule has 2 aromatic carbocycles. The van der Waals surface area contributed by atoms with E-state index < -0.39 is 0 Å². The number of ether oxygens (including phenoxy) is 2. The van der Waals surface area contributed by atoms with E-state index >= 15 is 0 Å². The van der Waals surface area contributed by atoms with E-state index in [4.69, 9.17) is 32.7 Å². The fourth-order valence-electron chi connectivity index (χ4n) is 3.42. The number of halogens is 2. The summed E-state index contributed by atoms with van der Waals surface area (Å²) in [7, 11) is 3.87. The van der Waals surface area contributed by atoms with Gasteiger partial charge in [0.25, 0.3) is 0 Å². The van der Waals surface area contributed by atoms with E-state index in [1.807, 2.05) is 19.0 Å². The lowest BCUT2D eigenvalue weighted by Crippen LogP contribution is -2.18. The van der Waals surface area contributed by atoms with Crippen LogP contribution in [0.2, 0.25) is 10.0 Å². The van der Waals surface area contributed by atoms with Gasteiger partial charge in [0.15, 0.2) is 0 Å². The van der Waals surface area contributed by atoms with Gasteiger partial charge in [-0.05, 0) is 38.4 Å². The maximum atomic E-state index is 12.6. The van der Waals surface area contributed by atoms with Crippen LogP contribution in [0.1, 0.15) is 6.42 Å². The van der Waals surface area contributed by atoms with Gasteiger partial charge in [-0.3, -0.25) is 4.79 Å². The summed E-state index contributed by atoms with van der Waals surface area (Å²) in [5.41, 5.74) is 1.90. The normalized spacial score (nSPS) is 15.9. The summed E-state index contributed by atoms with van der Waals surface area (Å²) in [5.74, 6) is 0.818. The molecule has 0 aliphatic carbocycles. The van der Waals surface area contributed by atoms with E-state index in [2.05, 4.69) is 20.6 Å². The number of amides is 1. The Morgan fingerprint density at radius 2 is 2.09 bits per heavy atom. The Morgan fingerprint density at radius 3 is 2.82 bits per heavy atom. The molecule has 1 aliphatic heterocycles. The van der Waals surface area contributed by atoms with E-state index in [0.717, 1.165) is 12.1 Å². The molecule has 8 nitrogen and oxygen atoms in total. The van der Waals surface area contributed by atoms with Gasteiger partial charge in [0, 0.05) is 36.2 Å². The molecule has 1 amide bonds. The highest BCUT2D eigenvalue weighted by Crippen LogP contribution is 2.35. The van der Waals surface area contributed by atoms with E-state index in [1.54, 1.807) is 36.4 Å². The molecule has 34 heavy (non-hydrogen) atoms. The van der Waals surface area contributed by atoms with Crippen LogP contribution >= 0.6 is 23.2 Å². The molecule has 0 bridgehead atoms. The van der Waals surface area contributed by atoms with Crippen molar-refractivity contribution in [2.24, 2.45) is 0 Å². The fraction of sp³-hybridized carbons (Fsp3) is 0.292. The highest BCUT2D eigenvalue weighted by Gasteiger charge is 2.20. The zero-order valence-electron chi connectivity index (χ0n) is 18.8. The number of aromatic nitrogens is 2. The van der Waals surface area contributed by atoms with E-state index in [-0.39, 0.29) is 12.0 Å². The minimum atomic E-state index is -0.260. The number of benzene rings is 2. The Morgan fingerprint density at radius 1 is 1.24 bits per heavy atom. The van der Waals surface area contributed by atoms with Crippen molar-refractivity contribution in [3.05, 3.63) is 58.9 Å². The summed E-state index contributed by atoms with van der Waals surface area (Å²) >= 11 is 12.2. The number of rotatable bonds is 8. The van der Waals surface area contributed by atoms with Crippen molar-refractivity contribution in [2.75, 3.05) is 44.5 Å². The van der Waals surface area contributed by atoms with Gasteiger partial charge >= 0.3 is 0 Å². The molecule has 10 heteroatoms. The zero-order chi connectivity index (χ0) is 24.1. The topological polar surface area (TPSA) is 88.6 Å². The van der Waals surface area contributed by atoms with E-state index in [0.29, 0.717) is 58.0 Å². The second kappa shape index (κ2) is 11.0. The summed E-state index contributed by atoms with van der Waals surface area (Å²) in [6.45, 7) is 1.80. The fourth-order valence-corrected chi connectivity index (χ4v) is 3.72. The van der Waals surface area contributed by atoms with Crippen LogP contribution < -0.4 is 15.4 Å².